The molecule has 0 bridgehead atoms. The van der Waals surface area contributed by atoms with Gasteiger partial charge in [-0.05, 0) is 47.0 Å². The molecule has 0 aliphatic carbocycles. The van der Waals surface area contributed by atoms with E-state index >= 15 is 0 Å². The van der Waals surface area contributed by atoms with Crippen molar-refractivity contribution in [3.63, 3.8) is 0 Å². The molecule has 2 amide bonds. The Morgan fingerprint density at radius 3 is 2.46 bits per heavy atom. The first kappa shape index (κ1) is 24.9. The number of amides is 2. The molecule has 0 aromatic heterocycles. The third kappa shape index (κ3) is 9.59. The van der Waals surface area contributed by atoms with Crippen LogP contribution in [-0.4, -0.2) is 60.4 Å². The molecule has 1 unspecified atom stereocenters. The zero-order chi connectivity index (χ0) is 18.9. The molecule has 1 aliphatic heterocycles. The average molecular weight is 481 g/mol. The smallest absolute Gasteiger partial charge is 0.242 e. The molecule has 0 radical (unpaired) electrons. The van der Waals surface area contributed by atoms with Crippen LogP contribution >= 0.6 is 24.0 Å². The van der Waals surface area contributed by atoms with Crippen molar-refractivity contribution in [1.82, 2.24) is 20.9 Å². The molecule has 152 valence electrons. The number of carbonyl (C=O) groups is 2. The number of nitrogens with zero attached hydrogens (tertiary/aromatic N) is 2. The molecule has 0 aromatic rings. The Morgan fingerprint density at radius 1 is 1.27 bits per heavy atom. The maximum atomic E-state index is 11.9. The fraction of sp³-hybridized carbons (Fsp3) is 0.833. The van der Waals surface area contributed by atoms with Crippen molar-refractivity contribution >= 4 is 41.8 Å². The predicted octanol–water partition coefficient (Wildman–Crippen LogP) is 1.87. The van der Waals surface area contributed by atoms with E-state index in [1.165, 1.54) is 0 Å². The molecule has 8 heteroatoms. The number of aliphatic imine (C=N–C) groups is 1. The van der Waals surface area contributed by atoms with Crippen LogP contribution in [0.3, 0.4) is 0 Å². The first-order chi connectivity index (χ1) is 11.8. The molecule has 1 atom stereocenters. The summed E-state index contributed by atoms with van der Waals surface area (Å²) in [6, 6.07) is 0.273. The van der Waals surface area contributed by atoms with Gasteiger partial charge in [0.05, 0.1) is 0 Å². The van der Waals surface area contributed by atoms with Crippen LogP contribution in [0.15, 0.2) is 4.99 Å². The summed E-state index contributed by atoms with van der Waals surface area (Å²) in [4.78, 5) is 30.1. The minimum absolute atomic E-state index is 0. The Labute approximate surface area is 175 Å². The molecule has 1 heterocycles. The van der Waals surface area contributed by atoms with Crippen molar-refractivity contribution in [2.75, 3.05) is 26.2 Å². The van der Waals surface area contributed by atoms with Gasteiger partial charge in [0.1, 0.15) is 6.54 Å². The van der Waals surface area contributed by atoms with Gasteiger partial charge in [-0.25, -0.2) is 4.99 Å². The minimum atomic E-state index is -0.255. The Balaban J connectivity index is 0.00000625. The molecule has 3 N–H and O–H groups in total. The molecule has 7 nitrogen and oxygen atoms in total. The lowest BCUT2D eigenvalue weighted by atomic mass is 10.1. The Morgan fingerprint density at radius 2 is 1.96 bits per heavy atom. The summed E-state index contributed by atoms with van der Waals surface area (Å²) >= 11 is 0. The second kappa shape index (κ2) is 12.3. The molecular formula is C18H36IN5O2. The van der Waals surface area contributed by atoms with Crippen LogP contribution < -0.4 is 16.0 Å². The molecule has 1 aliphatic rings. The molecule has 0 spiro atoms. The first-order valence-corrected chi connectivity index (χ1v) is 9.39. The van der Waals surface area contributed by atoms with E-state index in [4.69, 9.17) is 0 Å². The van der Waals surface area contributed by atoms with Crippen LogP contribution in [0.1, 0.15) is 60.3 Å². The van der Waals surface area contributed by atoms with E-state index in [-0.39, 0.29) is 53.9 Å². The molecule has 26 heavy (non-hydrogen) atoms. The van der Waals surface area contributed by atoms with E-state index in [0.717, 1.165) is 38.9 Å². The maximum Gasteiger partial charge on any atom is 0.242 e. The number of halogens is 1. The van der Waals surface area contributed by atoms with Gasteiger partial charge >= 0.3 is 0 Å². The number of nitrogens with one attached hydrogen (secondary N) is 3. The van der Waals surface area contributed by atoms with E-state index in [2.05, 4.69) is 27.9 Å². The molecule has 0 aromatic carbocycles. The summed E-state index contributed by atoms with van der Waals surface area (Å²) in [7, 11) is 0. The molecule has 0 saturated carbocycles. The van der Waals surface area contributed by atoms with Crippen LogP contribution in [-0.2, 0) is 9.59 Å². The van der Waals surface area contributed by atoms with Crippen LogP contribution in [0.5, 0.6) is 0 Å². The van der Waals surface area contributed by atoms with Gasteiger partial charge in [0, 0.05) is 37.6 Å². The molecule has 1 fully saturated rings. The fourth-order valence-corrected chi connectivity index (χ4v) is 2.94. The summed E-state index contributed by atoms with van der Waals surface area (Å²) in [6.45, 7) is 12.4. The van der Waals surface area contributed by atoms with E-state index in [0.29, 0.717) is 12.4 Å². The van der Waals surface area contributed by atoms with Crippen molar-refractivity contribution in [1.29, 1.82) is 0 Å². The third-order valence-corrected chi connectivity index (χ3v) is 4.03. The Hall–Kier alpha value is -1.06. The van der Waals surface area contributed by atoms with Crippen LogP contribution in [0, 0.1) is 0 Å². The number of guanidine groups is 1. The van der Waals surface area contributed by atoms with Crippen LogP contribution in [0.25, 0.3) is 0 Å². The monoisotopic (exact) mass is 481 g/mol. The SMILES string of the molecule is CCNC(=NCC(=O)NC(C)(C)C)NCCC(CC)N1CCCC1=O.I. The number of likely N-dealkylation sites (tertiary alicyclic amines) is 1. The lowest BCUT2D eigenvalue weighted by Crippen LogP contribution is -2.44. The van der Waals surface area contributed by atoms with E-state index < -0.39 is 0 Å². The van der Waals surface area contributed by atoms with Crippen molar-refractivity contribution in [2.24, 2.45) is 4.99 Å². The molecular weight excluding hydrogens is 445 g/mol. The third-order valence-electron chi connectivity index (χ3n) is 4.03. The lowest BCUT2D eigenvalue weighted by molar-refractivity contribution is -0.129. The number of hydrogen-bond donors (Lipinski definition) is 3. The summed E-state index contributed by atoms with van der Waals surface area (Å²) in [5.41, 5.74) is -0.255. The van der Waals surface area contributed by atoms with Gasteiger partial charge in [-0.1, -0.05) is 6.92 Å². The van der Waals surface area contributed by atoms with Gasteiger partial charge in [0.15, 0.2) is 5.96 Å². The van der Waals surface area contributed by atoms with Crippen molar-refractivity contribution in [3.8, 4) is 0 Å². The highest BCUT2D eigenvalue weighted by atomic mass is 127. The second-order valence-electron chi connectivity index (χ2n) is 7.46. The summed E-state index contributed by atoms with van der Waals surface area (Å²) in [5.74, 6) is 0.805. The van der Waals surface area contributed by atoms with Gasteiger partial charge in [0.2, 0.25) is 11.8 Å². The highest BCUT2D eigenvalue weighted by Gasteiger charge is 2.26. The van der Waals surface area contributed by atoms with Crippen LogP contribution in [0.4, 0.5) is 0 Å². The standard InChI is InChI=1S/C18H35N5O2.HI/c1-6-14(23-12-8-9-16(23)25)10-11-20-17(19-7-2)21-13-15(24)22-18(3,4)5;/h14H,6-13H2,1-5H3,(H,22,24)(H2,19,20,21);1H. The van der Waals surface area contributed by atoms with E-state index in [1.54, 1.807) is 0 Å². The lowest BCUT2D eigenvalue weighted by Gasteiger charge is -2.27. The number of rotatable bonds is 8. The minimum Gasteiger partial charge on any atom is -0.357 e. The summed E-state index contributed by atoms with van der Waals surface area (Å²) in [5, 5.41) is 9.31. The highest BCUT2D eigenvalue weighted by molar-refractivity contribution is 14.0. The summed E-state index contributed by atoms with van der Waals surface area (Å²) < 4.78 is 0. The molecule has 1 saturated heterocycles. The average Bonchev–Trinajstić information content (AvgIpc) is 2.93. The number of carbonyl (C=O) groups excluding carboxylic acids is 2. The van der Waals surface area contributed by atoms with Gasteiger partial charge in [-0.15, -0.1) is 24.0 Å². The number of hydrogen-bond acceptors (Lipinski definition) is 3. The van der Waals surface area contributed by atoms with Crippen molar-refractivity contribution in [3.05, 3.63) is 0 Å². The first-order valence-electron chi connectivity index (χ1n) is 9.39. The second-order valence-corrected chi connectivity index (χ2v) is 7.46. The maximum absolute atomic E-state index is 11.9. The summed E-state index contributed by atoms with van der Waals surface area (Å²) in [6.07, 6.45) is 3.47. The topological polar surface area (TPSA) is 85.8 Å². The largest absolute Gasteiger partial charge is 0.357 e. The zero-order valence-corrected chi connectivity index (χ0v) is 19.2. The van der Waals surface area contributed by atoms with Crippen molar-refractivity contribution in [2.45, 2.75) is 71.9 Å². The quantitative estimate of drug-likeness (QED) is 0.281. The van der Waals surface area contributed by atoms with Crippen molar-refractivity contribution < 1.29 is 9.59 Å². The normalized spacial score (nSPS) is 16.1. The van der Waals surface area contributed by atoms with E-state index in [1.807, 2.05) is 32.6 Å². The fourth-order valence-electron chi connectivity index (χ4n) is 2.94. The van der Waals surface area contributed by atoms with Gasteiger partial charge in [-0.2, -0.15) is 0 Å². The van der Waals surface area contributed by atoms with Crippen LogP contribution in [0.2, 0.25) is 0 Å². The highest BCUT2D eigenvalue weighted by Crippen LogP contribution is 2.17. The van der Waals surface area contributed by atoms with Gasteiger partial charge < -0.3 is 20.9 Å². The van der Waals surface area contributed by atoms with Gasteiger partial charge in [-0.3, -0.25) is 9.59 Å². The Kier molecular flexibility index (Phi) is 11.8. The predicted molar refractivity (Wildman–Crippen MR) is 117 cm³/mol. The zero-order valence-electron chi connectivity index (χ0n) is 16.9. The molecule has 1 rings (SSSR count). The van der Waals surface area contributed by atoms with E-state index in [9.17, 15) is 9.59 Å². The Bertz CT molecular complexity index is 477. The van der Waals surface area contributed by atoms with Gasteiger partial charge in [0.25, 0.3) is 0 Å².